The van der Waals surface area contributed by atoms with Crippen molar-refractivity contribution in [1.29, 1.82) is 0 Å². The Morgan fingerprint density at radius 1 is 1.39 bits per heavy atom. The first-order chi connectivity index (χ1) is 10.7. The van der Waals surface area contributed by atoms with Gasteiger partial charge in [-0.15, -0.1) is 0 Å². The highest BCUT2D eigenvalue weighted by atomic mass is 79.9. The number of halogens is 1. The number of rotatable bonds is 4. The summed E-state index contributed by atoms with van der Waals surface area (Å²) in [6.07, 6.45) is 1.75. The molecule has 1 aromatic rings. The van der Waals surface area contributed by atoms with Crippen molar-refractivity contribution in [1.82, 2.24) is 10.2 Å². The van der Waals surface area contributed by atoms with E-state index in [0.717, 1.165) is 49.5 Å². The van der Waals surface area contributed by atoms with Crippen LogP contribution in [-0.4, -0.2) is 36.2 Å². The zero-order valence-electron chi connectivity index (χ0n) is 14.4. The summed E-state index contributed by atoms with van der Waals surface area (Å²) in [5, 5.41) is 3.46. The van der Waals surface area contributed by atoms with Gasteiger partial charge in [0, 0.05) is 19.6 Å². The fraction of sp³-hybridized carbons (Fsp3) is 0.706. The molecule has 5 nitrogen and oxygen atoms in total. The molecule has 1 aromatic heterocycles. The summed E-state index contributed by atoms with van der Waals surface area (Å²) in [5.74, 6) is 0.923. The van der Waals surface area contributed by atoms with Gasteiger partial charge in [0.25, 0.3) is 0 Å². The molecule has 2 rings (SSSR count). The van der Waals surface area contributed by atoms with Crippen LogP contribution in [0.5, 0.6) is 0 Å². The Morgan fingerprint density at radius 3 is 2.57 bits per heavy atom. The van der Waals surface area contributed by atoms with Gasteiger partial charge >= 0.3 is 6.09 Å². The number of nitrogens with one attached hydrogen (secondary N) is 1. The molecule has 0 aromatic carbocycles. The number of hydrogen-bond acceptors (Lipinski definition) is 4. The van der Waals surface area contributed by atoms with Crippen molar-refractivity contribution >= 4 is 22.0 Å². The fourth-order valence-corrected chi connectivity index (χ4v) is 3.01. The monoisotopic (exact) mass is 386 g/mol. The van der Waals surface area contributed by atoms with Gasteiger partial charge in [-0.3, -0.25) is 0 Å². The Labute approximate surface area is 146 Å². The van der Waals surface area contributed by atoms with E-state index in [1.165, 1.54) is 0 Å². The lowest BCUT2D eigenvalue weighted by molar-refractivity contribution is 0.0119. The van der Waals surface area contributed by atoms with Gasteiger partial charge < -0.3 is 19.4 Å². The van der Waals surface area contributed by atoms with Crippen molar-refractivity contribution in [3.8, 4) is 0 Å². The van der Waals surface area contributed by atoms with Gasteiger partial charge in [0.05, 0.1) is 6.54 Å². The summed E-state index contributed by atoms with van der Waals surface area (Å²) >= 11 is 3.31. The molecule has 0 unspecified atom stereocenters. The molecule has 0 spiro atoms. The molecule has 1 saturated heterocycles. The van der Waals surface area contributed by atoms with Crippen LogP contribution in [0.1, 0.15) is 46.3 Å². The predicted octanol–water partition coefficient (Wildman–Crippen LogP) is 4.17. The van der Waals surface area contributed by atoms with Crippen molar-refractivity contribution in [2.24, 2.45) is 5.41 Å². The number of carbonyl (C=O) groups is 1. The first-order valence-electron chi connectivity index (χ1n) is 8.10. The minimum Gasteiger partial charge on any atom is -0.453 e. The average Bonchev–Trinajstić information content (AvgIpc) is 2.83. The number of ether oxygens (including phenoxy) is 1. The maximum Gasteiger partial charge on any atom is 0.410 e. The second-order valence-electron chi connectivity index (χ2n) is 7.59. The molecule has 130 valence electrons. The lowest BCUT2D eigenvalue weighted by Gasteiger charge is -2.39. The number of carbonyl (C=O) groups excluding carboxylic acids is 1. The number of amides is 1. The molecule has 1 aliphatic rings. The van der Waals surface area contributed by atoms with Crippen molar-refractivity contribution in [3.63, 3.8) is 0 Å². The number of nitrogens with zero attached hydrogens (tertiary/aromatic N) is 1. The van der Waals surface area contributed by atoms with E-state index in [0.29, 0.717) is 0 Å². The van der Waals surface area contributed by atoms with Crippen LogP contribution in [0.25, 0.3) is 0 Å². The van der Waals surface area contributed by atoms with Gasteiger partial charge in [0.2, 0.25) is 0 Å². The Kier molecular flexibility index (Phi) is 5.79. The largest absolute Gasteiger partial charge is 0.453 e. The zero-order chi connectivity index (χ0) is 17.1. The van der Waals surface area contributed by atoms with E-state index in [1.807, 2.05) is 37.8 Å². The first kappa shape index (κ1) is 18.3. The van der Waals surface area contributed by atoms with E-state index in [9.17, 15) is 4.79 Å². The summed E-state index contributed by atoms with van der Waals surface area (Å²) in [5.41, 5.74) is -0.237. The summed E-state index contributed by atoms with van der Waals surface area (Å²) in [4.78, 5) is 13.9. The quantitative estimate of drug-likeness (QED) is 0.843. The highest BCUT2D eigenvalue weighted by Crippen LogP contribution is 2.31. The number of piperidine rings is 1. The average molecular weight is 387 g/mol. The Morgan fingerprint density at radius 2 is 2.04 bits per heavy atom. The summed E-state index contributed by atoms with van der Waals surface area (Å²) in [7, 11) is 0. The molecule has 0 atom stereocenters. The van der Waals surface area contributed by atoms with Crippen LogP contribution in [0.15, 0.2) is 21.2 Å². The van der Waals surface area contributed by atoms with E-state index in [4.69, 9.17) is 9.15 Å². The minimum absolute atomic E-state index is 0.197. The van der Waals surface area contributed by atoms with Crippen LogP contribution in [0.4, 0.5) is 4.79 Å². The Bertz CT molecular complexity index is 528. The maximum atomic E-state index is 12.1. The molecule has 0 bridgehead atoms. The summed E-state index contributed by atoms with van der Waals surface area (Å²) < 4.78 is 11.7. The third-order valence-electron chi connectivity index (χ3n) is 4.10. The van der Waals surface area contributed by atoms with E-state index in [2.05, 4.69) is 28.2 Å². The van der Waals surface area contributed by atoms with E-state index in [-0.39, 0.29) is 11.5 Å². The van der Waals surface area contributed by atoms with Crippen molar-refractivity contribution in [2.75, 3.05) is 19.6 Å². The Hall–Kier alpha value is -1.01. The first-order valence-corrected chi connectivity index (χ1v) is 8.89. The van der Waals surface area contributed by atoms with Gasteiger partial charge in [0.1, 0.15) is 11.4 Å². The SMILES string of the molecule is CC1(CNCc2ccc(Br)o2)CCN(C(=O)OC(C)(C)C)CC1. The number of furan rings is 1. The van der Waals surface area contributed by atoms with Gasteiger partial charge in [0.15, 0.2) is 4.67 Å². The molecular weight excluding hydrogens is 360 g/mol. The van der Waals surface area contributed by atoms with Gasteiger partial charge in [-0.05, 0) is 67.1 Å². The molecule has 2 heterocycles. The fourth-order valence-electron chi connectivity index (χ4n) is 2.67. The molecule has 0 radical (unpaired) electrons. The molecule has 23 heavy (non-hydrogen) atoms. The van der Waals surface area contributed by atoms with Crippen LogP contribution < -0.4 is 5.32 Å². The third kappa shape index (κ3) is 5.84. The normalized spacial score (nSPS) is 18.0. The maximum absolute atomic E-state index is 12.1. The van der Waals surface area contributed by atoms with E-state index < -0.39 is 5.60 Å². The molecule has 0 aliphatic carbocycles. The molecule has 0 saturated carbocycles. The van der Waals surface area contributed by atoms with Crippen LogP contribution in [0.3, 0.4) is 0 Å². The van der Waals surface area contributed by atoms with Crippen LogP contribution in [0.2, 0.25) is 0 Å². The van der Waals surface area contributed by atoms with Crippen molar-refractivity contribution in [2.45, 2.75) is 52.7 Å². The number of likely N-dealkylation sites (tertiary alicyclic amines) is 1. The van der Waals surface area contributed by atoms with Crippen LogP contribution in [-0.2, 0) is 11.3 Å². The van der Waals surface area contributed by atoms with Crippen molar-refractivity contribution < 1.29 is 13.9 Å². The second kappa shape index (κ2) is 7.26. The lowest BCUT2D eigenvalue weighted by atomic mass is 9.80. The van der Waals surface area contributed by atoms with Gasteiger partial charge in [-0.2, -0.15) is 0 Å². The molecule has 1 aliphatic heterocycles. The summed E-state index contributed by atoms with van der Waals surface area (Å²) in [6, 6.07) is 3.86. The molecular formula is C17H27BrN2O3. The Balaban J connectivity index is 1.74. The zero-order valence-corrected chi connectivity index (χ0v) is 16.0. The van der Waals surface area contributed by atoms with Crippen LogP contribution >= 0.6 is 15.9 Å². The topological polar surface area (TPSA) is 54.7 Å². The van der Waals surface area contributed by atoms with E-state index >= 15 is 0 Å². The minimum atomic E-state index is -0.434. The smallest absolute Gasteiger partial charge is 0.410 e. The molecule has 6 heteroatoms. The second-order valence-corrected chi connectivity index (χ2v) is 8.37. The summed E-state index contributed by atoms with van der Waals surface area (Å²) in [6.45, 7) is 11.1. The molecule has 1 amide bonds. The highest BCUT2D eigenvalue weighted by Gasteiger charge is 2.33. The lowest BCUT2D eigenvalue weighted by Crippen LogP contribution is -2.47. The third-order valence-corrected chi connectivity index (χ3v) is 4.53. The number of hydrogen-bond donors (Lipinski definition) is 1. The van der Waals surface area contributed by atoms with Crippen molar-refractivity contribution in [3.05, 3.63) is 22.6 Å². The predicted molar refractivity (Wildman–Crippen MR) is 93.3 cm³/mol. The molecule has 1 fully saturated rings. The van der Waals surface area contributed by atoms with E-state index in [1.54, 1.807) is 0 Å². The van der Waals surface area contributed by atoms with Gasteiger partial charge in [-0.25, -0.2) is 4.79 Å². The van der Waals surface area contributed by atoms with Crippen LogP contribution in [0, 0.1) is 5.41 Å². The van der Waals surface area contributed by atoms with Gasteiger partial charge in [-0.1, -0.05) is 6.92 Å². The highest BCUT2D eigenvalue weighted by molar-refractivity contribution is 9.10. The standard InChI is InChI=1S/C17H27BrN2O3/c1-16(2,3)23-15(21)20-9-7-17(4,8-10-20)12-19-11-13-5-6-14(18)22-13/h5-6,19H,7-12H2,1-4H3. The molecule has 1 N–H and O–H groups in total.